The van der Waals surface area contributed by atoms with E-state index in [9.17, 15) is 18.0 Å². The Balaban J connectivity index is 1.81. The number of alkyl halides is 3. The highest BCUT2D eigenvalue weighted by Gasteiger charge is 2.30. The number of hydrogen-bond donors (Lipinski definition) is 1. The van der Waals surface area contributed by atoms with Gasteiger partial charge < -0.3 is 14.8 Å². The Labute approximate surface area is 168 Å². The van der Waals surface area contributed by atoms with Crippen LogP contribution in [0.1, 0.15) is 16.7 Å². The number of benzene rings is 2. The molecular formula is C19H14F3NO3S2. The summed E-state index contributed by atoms with van der Waals surface area (Å²) >= 11 is 6.12. The molecule has 0 unspecified atom stereocenters. The quantitative estimate of drug-likeness (QED) is 0.552. The van der Waals surface area contributed by atoms with Gasteiger partial charge >= 0.3 is 6.18 Å². The van der Waals surface area contributed by atoms with Crippen LogP contribution in [0.2, 0.25) is 0 Å². The predicted octanol–water partition coefficient (Wildman–Crippen LogP) is 4.78. The molecule has 9 heteroatoms. The van der Waals surface area contributed by atoms with Gasteiger partial charge in [0.05, 0.1) is 17.6 Å². The van der Waals surface area contributed by atoms with E-state index in [-0.39, 0.29) is 18.3 Å². The summed E-state index contributed by atoms with van der Waals surface area (Å²) in [7, 11) is 1.49. The van der Waals surface area contributed by atoms with Crippen LogP contribution in [0.15, 0.2) is 47.4 Å². The number of carbonyl (C=O) groups is 1. The first-order valence-electron chi connectivity index (χ1n) is 7.98. The molecule has 2 aromatic rings. The molecule has 0 aliphatic carbocycles. The highest BCUT2D eigenvalue weighted by atomic mass is 32.2. The first kappa shape index (κ1) is 20.2. The van der Waals surface area contributed by atoms with Crippen molar-refractivity contribution < 1.29 is 27.4 Å². The molecule has 1 N–H and O–H groups in total. The van der Waals surface area contributed by atoms with Crippen molar-refractivity contribution in [2.75, 3.05) is 7.11 Å². The summed E-state index contributed by atoms with van der Waals surface area (Å²) in [4.78, 5) is 12.2. The minimum Gasteiger partial charge on any atom is -0.496 e. The van der Waals surface area contributed by atoms with Crippen molar-refractivity contribution in [1.29, 1.82) is 0 Å². The maximum Gasteiger partial charge on any atom is 0.416 e. The molecular weight excluding hydrogens is 411 g/mol. The minimum atomic E-state index is -4.44. The van der Waals surface area contributed by atoms with Gasteiger partial charge in [0.1, 0.15) is 22.4 Å². The molecule has 1 aliphatic heterocycles. The summed E-state index contributed by atoms with van der Waals surface area (Å²) in [6.07, 6.45) is -2.77. The fraction of sp³-hybridized carbons (Fsp3) is 0.158. The molecule has 1 saturated heterocycles. The molecule has 3 rings (SSSR count). The summed E-state index contributed by atoms with van der Waals surface area (Å²) in [6.45, 7) is -0.000746. The van der Waals surface area contributed by atoms with Gasteiger partial charge in [-0.2, -0.15) is 13.2 Å². The van der Waals surface area contributed by atoms with Gasteiger partial charge in [0.25, 0.3) is 5.91 Å². The van der Waals surface area contributed by atoms with Crippen LogP contribution in [-0.4, -0.2) is 17.3 Å². The highest BCUT2D eigenvalue weighted by Crippen LogP contribution is 2.32. The zero-order valence-corrected chi connectivity index (χ0v) is 16.1. The van der Waals surface area contributed by atoms with Crippen molar-refractivity contribution in [2.24, 2.45) is 0 Å². The van der Waals surface area contributed by atoms with Crippen molar-refractivity contribution in [3.05, 3.63) is 64.1 Å². The highest BCUT2D eigenvalue weighted by molar-refractivity contribution is 8.26. The topological polar surface area (TPSA) is 47.6 Å². The summed E-state index contributed by atoms with van der Waals surface area (Å²) in [5.41, 5.74) is 0.557. The zero-order chi connectivity index (χ0) is 20.3. The molecule has 28 heavy (non-hydrogen) atoms. The molecule has 1 amide bonds. The van der Waals surface area contributed by atoms with Crippen molar-refractivity contribution in [1.82, 2.24) is 5.32 Å². The number of rotatable bonds is 5. The summed E-state index contributed by atoms with van der Waals surface area (Å²) < 4.78 is 49.7. The average molecular weight is 425 g/mol. The predicted molar refractivity (Wildman–Crippen MR) is 105 cm³/mol. The van der Waals surface area contributed by atoms with Crippen LogP contribution in [0.25, 0.3) is 6.08 Å². The fourth-order valence-electron chi connectivity index (χ4n) is 2.50. The fourth-order valence-corrected chi connectivity index (χ4v) is 3.54. The van der Waals surface area contributed by atoms with Crippen LogP contribution in [0.3, 0.4) is 0 Å². The number of hydrogen-bond acceptors (Lipinski definition) is 5. The van der Waals surface area contributed by atoms with Gasteiger partial charge in [-0.15, -0.1) is 0 Å². The molecule has 0 spiro atoms. The van der Waals surface area contributed by atoms with E-state index in [0.717, 1.165) is 23.9 Å². The Morgan fingerprint density at radius 1 is 1.21 bits per heavy atom. The Morgan fingerprint density at radius 2 is 2.00 bits per heavy atom. The Kier molecular flexibility index (Phi) is 5.95. The van der Waals surface area contributed by atoms with Gasteiger partial charge in [-0.25, -0.2) is 0 Å². The molecule has 0 saturated carbocycles. The summed E-state index contributed by atoms with van der Waals surface area (Å²) in [5, 5.41) is 2.53. The SMILES string of the molecule is COc1ccc(/C=C2\SC(=S)NC2=O)cc1COc1cccc(C(F)(F)F)c1. The lowest BCUT2D eigenvalue weighted by Crippen LogP contribution is -2.17. The lowest BCUT2D eigenvalue weighted by atomic mass is 10.1. The first-order valence-corrected chi connectivity index (χ1v) is 9.20. The number of thioether (sulfide) groups is 1. The largest absolute Gasteiger partial charge is 0.496 e. The number of nitrogens with one attached hydrogen (secondary N) is 1. The van der Waals surface area contributed by atoms with Crippen LogP contribution in [0.4, 0.5) is 13.2 Å². The minimum absolute atomic E-state index is 0.000746. The standard InChI is InChI=1S/C19H14F3NO3S2/c1-25-15-6-5-11(8-16-17(24)23-18(27)28-16)7-12(15)10-26-14-4-2-3-13(9-14)19(20,21)22/h2-9H,10H2,1H3,(H,23,24,27)/b16-8-. The molecule has 0 bridgehead atoms. The number of ether oxygens (including phenoxy) is 2. The van der Waals surface area contributed by atoms with Gasteiger partial charge in [0.15, 0.2) is 0 Å². The molecule has 2 aromatic carbocycles. The van der Waals surface area contributed by atoms with Gasteiger partial charge in [0.2, 0.25) is 0 Å². The second-order valence-electron chi connectivity index (χ2n) is 5.74. The second-order valence-corrected chi connectivity index (χ2v) is 7.46. The van der Waals surface area contributed by atoms with Crippen LogP contribution >= 0.6 is 24.0 Å². The van der Waals surface area contributed by atoms with Crippen LogP contribution in [0.5, 0.6) is 11.5 Å². The number of thiocarbonyl (C=S) groups is 1. The number of halogens is 3. The third kappa shape index (κ3) is 4.85. The molecule has 146 valence electrons. The molecule has 0 aromatic heterocycles. The maximum absolute atomic E-state index is 12.8. The molecule has 0 radical (unpaired) electrons. The number of amides is 1. The van der Waals surface area contributed by atoms with E-state index in [1.54, 1.807) is 24.3 Å². The smallest absolute Gasteiger partial charge is 0.416 e. The van der Waals surface area contributed by atoms with Crippen LogP contribution in [-0.2, 0) is 17.6 Å². The summed E-state index contributed by atoms with van der Waals surface area (Å²) in [6, 6.07) is 9.87. The van der Waals surface area contributed by atoms with Crippen molar-refractivity contribution in [2.45, 2.75) is 12.8 Å². The van der Waals surface area contributed by atoms with Gasteiger partial charge in [0, 0.05) is 5.56 Å². The Bertz CT molecular complexity index is 958. The van der Waals surface area contributed by atoms with Gasteiger partial charge in [-0.3, -0.25) is 4.79 Å². The lowest BCUT2D eigenvalue weighted by molar-refractivity contribution is -0.137. The number of methoxy groups -OCH3 is 1. The first-order chi connectivity index (χ1) is 13.3. The van der Waals surface area contributed by atoms with E-state index in [0.29, 0.717) is 26.1 Å². The van der Waals surface area contributed by atoms with E-state index >= 15 is 0 Å². The van der Waals surface area contributed by atoms with Crippen molar-refractivity contribution >= 4 is 40.3 Å². The van der Waals surface area contributed by atoms with E-state index in [4.69, 9.17) is 21.7 Å². The second kappa shape index (κ2) is 8.24. The molecule has 1 fully saturated rings. The average Bonchev–Trinajstić information content (AvgIpc) is 2.96. The van der Waals surface area contributed by atoms with Gasteiger partial charge in [-0.05, 0) is 42.0 Å². The van der Waals surface area contributed by atoms with E-state index in [1.807, 2.05) is 0 Å². The third-order valence-corrected chi connectivity index (χ3v) is 4.96. The van der Waals surface area contributed by atoms with Gasteiger partial charge in [-0.1, -0.05) is 36.1 Å². The molecule has 0 atom stereocenters. The van der Waals surface area contributed by atoms with Crippen molar-refractivity contribution in [3.8, 4) is 11.5 Å². The lowest BCUT2D eigenvalue weighted by Gasteiger charge is -2.13. The molecule has 4 nitrogen and oxygen atoms in total. The maximum atomic E-state index is 12.8. The zero-order valence-electron chi connectivity index (χ0n) is 14.5. The van der Waals surface area contributed by atoms with E-state index in [1.165, 1.54) is 19.2 Å². The van der Waals surface area contributed by atoms with Crippen LogP contribution < -0.4 is 14.8 Å². The Morgan fingerprint density at radius 3 is 2.64 bits per heavy atom. The van der Waals surface area contributed by atoms with E-state index < -0.39 is 11.7 Å². The third-order valence-electron chi connectivity index (χ3n) is 3.80. The van der Waals surface area contributed by atoms with Crippen molar-refractivity contribution in [3.63, 3.8) is 0 Å². The molecule has 1 aliphatic rings. The molecule has 1 heterocycles. The summed E-state index contributed by atoms with van der Waals surface area (Å²) in [5.74, 6) is 0.345. The Hall–Kier alpha value is -2.52. The normalized spacial score (nSPS) is 15.6. The van der Waals surface area contributed by atoms with E-state index in [2.05, 4.69) is 5.32 Å². The van der Waals surface area contributed by atoms with Crippen LogP contribution in [0, 0.1) is 0 Å². The number of carbonyl (C=O) groups excluding carboxylic acids is 1. The monoisotopic (exact) mass is 425 g/mol.